The van der Waals surface area contributed by atoms with Gasteiger partial charge in [0.15, 0.2) is 6.61 Å². The number of rotatable bonds is 4. The van der Waals surface area contributed by atoms with E-state index in [0.29, 0.717) is 18.1 Å². The van der Waals surface area contributed by atoms with Gasteiger partial charge >= 0.3 is 0 Å². The molecule has 2 bridgehead atoms. The summed E-state index contributed by atoms with van der Waals surface area (Å²) in [4.78, 5) is 11.9. The standard InChI is InChI=1S/C15H19IN2O2/c16-10-1-5-14(6-2-10)20-9-15(19)18-13-7-11-3-4-12(8-13)17-11/h1-2,5-6,11-13,17H,3-4,7-9H2,(H,18,19). The molecule has 1 amide bonds. The fourth-order valence-electron chi connectivity index (χ4n) is 3.12. The lowest BCUT2D eigenvalue weighted by atomic mass is 10.00. The first-order valence-electron chi connectivity index (χ1n) is 7.13. The molecule has 2 aliphatic heterocycles. The zero-order valence-electron chi connectivity index (χ0n) is 11.3. The Kier molecular flexibility index (Phi) is 4.45. The zero-order chi connectivity index (χ0) is 13.9. The molecule has 20 heavy (non-hydrogen) atoms. The maximum Gasteiger partial charge on any atom is 0.258 e. The topological polar surface area (TPSA) is 50.4 Å². The largest absolute Gasteiger partial charge is 0.484 e. The van der Waals surface area contributed by atoms with Crippen LogP contribution in [0.15, 0.2) is 24.3 Å². The Morgan fingerprint density at radius 1 is 1.25 bits per heavy atom. The van der Waals surface area contributed by atoms with Crippen molar-refractivity contribution in [2.75, 3.05) is 6.61 Å². The smallest absolute Gasteiger partial charge is 0.258 e. The molecule has 2 atom stereocenters. The van der Waals surface area contributed by atoms with Crippen molar-refractivity contribution in [3.63, 3.8) is 0 Å². The number of amides is 1. The van der Waals surface area contributed by atoms with Gasteiger partial charge in [0.2, 0.25) is 0 Å². The van der Waals surface area contributed by atoms with E-state index in [2.05, 4.69) is 33.2 Å². The van der Waals surface area contributed by atoms with Crippen molar-refractivity contribution >= 4 is 28.5 Å². The Bertz CT molecular complexity index is 465. The van der Waals surface area contributed by atoms with E-state index in [1.807, 2.05) is 24.3 Å². The third-order valence-electron chi connectivity index (χ3n) is 4.02. The van der Waals surface area contributed by atoms with E-state index in [9.17, 15) is 4.79 Å². The summed E-state index contributed by atoms with van der Waals surface area (Å²) >= 11 is 2.24. The number of benzene rings is 1. The lowest BCUT2D eigenvalue weighted by Crippen LogP contribution is -2.48. The van der Waals surface area contributed by atoms with Crippen LogP contribution in [-0.4, -0.2) is 30.6 Å². The van der Waals surface area contributed by atoms with E-state index in [1.165, 1.54) is 12.8 Å². The number of ether oxygens (including phenoxy) is 1. The van der Waals surface area contributed by atoms with Crippen molar-refractivity contribution in [3.8, 4) is 5.75 Å². The quantitative estimate of drug-likeness (QED) is 0.780. The van der Waals surface area contributed by atoms with Crippen molar-refractivity contribution in [3.05, 3.63) is 27.8 Å². The fraction of sp³-hybridized carbons (Fsp3) is 0.533. The second-order valence-corrected chi connectivity index (χ2v) is 6.86. The molecule has 0 aromatic heterocycles. The molecular formula is C15H19IN2O2. The molecule has 1 aromatic carbocycles. The molecule has 0 aliphatic carbocycles. The number of piperidine rings is 1. The fourth-order valence-corrected chi connectivity index (χ4v) is 3.48. The summed E-state index contributed by atoms with van der Waals surface area (Å²) in [7, 11) is 0. The van der Waals surface area contributed by atoms with Gasteiger partial charge in [0.1, 0.15) is 5.75 Å². The number of carbonyl (C=O) groups is 1. The van der Waals surface area contributed by atoms with E-state index in [1.54, 1.807) is 0 Å². The van der Waals surface area contributed by atoms with Crippen molar-refractivity contribution in [1.82, 2.24) is 10.6 Å². The van der Waals surface area contributed by atoms with E-state index < -0.39 is 0 Å². The maximum atomic E-state index is 11.9. The molecule has 3 rings (SSSR count). The number of fused-ring (bicyclic) bond motifs is 2. The molecule has 2 N–H and O–H groups in total. The highest BCUT2D eigenvalue weighted by molar-refractivity contribution is 14.1. The van der Waals surface area contributed by atoms with E-state index >= 15 is 0 Å². The minimum Gasteiger partial charge on any atom is -0.484 e. The summed E-state index contributed by atoms with van der Waals surface area (Å²) < 4.78 is 6.66. The molecule has 2 saturated heterocycles. The van der Waals surface area contributed by atoms with Crippen LogP contribution in [-0.2, 0) is 4.79 Å². The van der Waals surface area contributed by atoms with Crippen LogP contribution < -0.4 is 15.4 Å². The van der Waals surface area contributed by atoms with Gasteiger partial charge in [-0.05, 0) is 72.5 Å². The summed E-state index contributed by atoms with van der Waals surface area (Å²) in [6.07, 6.45) is 4.59. The first-order chi connectivity index (χ1) is 9.69. The first kappa shape index (κ1) is 14.1. The minimum atomic E-state index is -0.0187. The summed E-state index contributed by atoms with van der Waals surface area (Å²) in [6, 6.07) is 9.21. The van der Waals surface area contributed by atoms with Crippen molar-refractivity contribution in [2.45, 2.75) is 43.8 Å². The molecular weight excluding hydrogens is 367 g/mol. The second kappa shape index (κ2) is 6.30. The SMILES string of the molecule is O=C(COc1ccc(I)cc1)NC1CC2CCC(C1)N2. The van der Waals surface area contributed by atoms with Gasteiger partial charge in [0.25, 0.3) is 5.91 Å². The van der Waals surface area contributed by atoms with Crippen LogP contribution in [0, 0.1) is 3.57 Å². The molecule has 5 heteroatoms. The van der Waals surface area contributed by atoms with Crippen LogP contribution in [0.3, 0.4) is 0 Å². The summed E-state index contributed by atoms with van der Waals surface area (Å²) in [5.74, 6) is 0.723. The van der Waals surface area contributed by atoms with Crippen LogP contribution in [0.4, 0.5) is 0 Å². The number of hydrogen-bond acceptors (Lipinski definition) is 3. The number of hydrogen-bond donors (Lipinski definition) is 2. The van der Waals surface area contributed by atoms with Gasteiger partial charge in [0.05, 0.1) is 0 Å². The van der Waals surface area contributed by atoms with Crippen LogP contribution >= 0.6 is 22.6 Å². The Balaban J connectivity index is 1.44. The Hall–Kier alpha value is -0.820. The second-order valence-electron chi connectivity index (χ2n) is 5.62. The van der Waals surface area contributed by atoms with Gasteiger partial charge in [-0.1, -0.05) is 0 Å². The summed E-state index contributed by atoms with van der Waals surface area (Å²) in [5.41, 5.74) is 0. The molecule has 2 fully saturated rings. The van der Waals surface area contributed by atoms with E-state index in [0.717, 1.165) is 22.2 Å². The molecule has 2 unspecified atom stereocenters. The monoisotopic (exact) mass is 386 g/mol. The van der Waals surface area contributed by atoms with Crippen LogP contribution in [0.1, 0.15) is 25.7 Å². The molecule has 2 aliphatic rings. The van der Waals surface area contributed by atoms with Crippen LogP contribution in [0.5, 0.6) is 5.75 Å². The predicted octanol–water partition coefficient (Wildman–Crippen LogP) is 2.07. The molecule has 0 spiro atoms. The van der Waals surface area contributed by atoms with Crippen LogP contribution in [0.25, 0.3) is 0 Å². The van der Waals surface area contributed by atoms with Gasteiger partial charge in [0, 0.05) is 21.7 Å². The average Bonchev–Trinajstić information content (AvgIpc) is 2.77. The van der Waals surface area contributed by atoms with E-state index in [-0.39, 0.29) is 12.5 Å². The Labute approximate surface area is 132 Å². The number of halogens is 1. The number of nitrogens with one attached hydrogen (secondary N) is 2. The summed E-state index contributed by atoms with van der Waals surface area (Å²) in [5, 5.41) is 6.67. The third-order valence-corrected chi connectivity index (χ3v) is 4.74. The molecule has 0 radical (unpaired) electrons. The molecule has 0 saturated carbocycles. The molecule has 2 heterocycles. The lowest BCUT2D eigenvalue weighted by molar-refractivity contribution is -0.124. The highest BCUT2D eigenvalue weighted by Crippen LogP contribution is 2.26. The lowest BCUT2D eigenvalue weighted by Gasteiger charge is -2.29. The molecule has 108 valence electrons. The van der Waals surface area contributed by atoms with Crippen molar-refractivity contribution < 1.29 is 9.53 Å². The maximum absolute atomic E-state index is 11.9. The highest BCUT2D eigenvalue weighted by atomic mass is 127. The van der Waals surface area contributed by atoms with Gasteiger partial charge in [-0.15, -0.1) is 0 Å². The summed E-state index contributed by atoms with van der Waals surface area (Å²) in [6.45, 7) is 0.0971. The molecule has 4 nitrogen and oxygen atoms in total. The zero-order valence-corrected chi connectivity index (χ0v) is 13.4. The van der Waals surface area contributed by atoms with Gasteiger partial charge in [-0.3, -0.25) is 4.79 Å². The molecule has 1 aromatic rings. The van der Waals surface area contributed by atoms with Crippen molar-refractivity contribution in [1.29, 1.82) is 0 Å². The normalized spacial score (nSPS) is 28.1. The van der Waals surface area contributed by atoms with E-state index in [4.69, 9.17) is 4.74 Å². The predicted molar refractivity (Wildman–Crippen MR) is 85.8 cm³/mol. The average molecular weight is 386 g/mol. The van der Waals surface area contributed by atoms with Gasteiger partial charge in [-0.25, -0.2) is 0 Å². The Morgan fingerprint density at radius 3 is 2.55 bits per heavy atom. The van der Waals surface area contributed by atoms with Crippen LogP contribution in [0.2, 0.25) is 0 Å². The minimum absolute atomic E-state index is 0.0187. The van der Waals surface area contributed by atoms with Gasteiger partial charge < -0.3 is 15.4 Å². The number of carbonyl (C=O) groups excluding carboxylic acids is 1. The Morgan fingerprint density at radius 2 is 1.90 bits per heavy atom. The highest BCUT2D eigenvalue weighted by Gasteiger charge is 2.33. The first-order valence-corrected chi connectivity index (χ1v) is 8.21. The van der Waals surface area contributed by atoms with Gasteiger partial charge in [-0.2, -0.15) is 0 Å². The van der Waals surface area contributed by atoms with Crippen molar-refractivity contribution in [2.24, 2.45) is 0 Å². The third kappa shape index (κ3) is 3.63.